The molecule has 1 heterocycles. The van der Waals surface area contributed by atoms with Crippen LogP contribution in [0.5, 0.6) is 0 Å². The fourth-order valence-electron chi connectivity index (χ4n) is 2.28. The average Bonchev–Trinajstić information content (AvgIpc) is 2.22. The number of hydrogen-bond donors (Lipinski definition) is 1. The van der Waals surface area contributed by atoms with Gasteiger partial charge in [0.25, 0.3) is 0 Å². The highest BCUT2D eigenvalue weighted by Gasteiger charge is 2.38. The third kappa shape index (κ3) is 2.31. The van der Waals surface area contributed by atoms with Gasteiger partial charge in [-0.05, 0) is 39.0 Å². The monoisotopic (exact) mass is 236 g/mol. The molecular formula is C13H17FN2O. The van der Waals surface area contributed by atoms with E-state index >= 15 is 0 Å². The summed E-state index contributed by atoms with van der Waals surface area (Å²) in [5.41, 5.74) is 0.0145. The zero-order valence-corrected chi connectivity index (χ0v) is 10.3. The molecule has 0 aromatic heterocycles. The van der Waals surface area contributed by atoms with E-state index in [1.165, 1.54) is 12.1 Å². The van der Waals surface area contributed by atoms with Crippen molar-refractivity contribution in [3.8, 4) is 0 Å². The molecule has 0 radical (unpaired) electrons. The number of nitrogens with one attached hydrogen (secondary N) is 1. The second kappa shape index (κ2) is 4.11. The lowest BCUT2D eigenvalue weighted by molar-refractivity contribution is -0.125. The number of carbonyl (C=O) groups excluding carboxylic acids is 1. The molecule has 0 saturated carbocycles. The van der Waals surface area contributed by atoms with Crippen molar-refractivity contribution in [2.24, 2.45) is 0 Å². The molecule has 0 bridgehead atoms. The molecule has 1 atom stereocenters. The minimum absolute atomic E-state index is 0.0267. The van der Waals surface area contributed by atoms with Crippen molar-refractivity contribution in [2.75, 3.05) is 11.4 Å². The lowest BCUT2D eigenvalue weighted by atomic mass is 9.97. The third-order valence-electron chi connectivity index (χ3n) is 2.96. The maximum atomic E-state index is 13.2. The summed E-state index contributed by atoms with van der Waals surface area (Å²) in [6.45, 7) is 6.26. The van der Waals surface area contributed by atoms with E-state index in [1.807, 2.05) is 20.8 Å². The summed E-state index contributed by atoms with van der Waals surface area (Å²) in [6.07, 6.45) is 0. The summed E-state index contributed by atoms with van der Waals surface area (Å²) in [7, 11) is 0. The van der Waals surface area contributed by atoms with E-state index in [2.05, 4.69) is 5.32 Å². The summed E-state index contributed by atoms with van der Waals surface area (Å²) >= 11 is 0. The molecule has 3 nitrogen and oxygen atoms in total. The predicted octanol–water partition coefficient (Wildman–Crippen LogP) is 1.93. The van der Waals surface area contributed by atoms with Crippen LogP contribution in [0.25, 0.3) is 0 Å². The Morgan fingerprint density at radius 3 is 2.82 bits per heavy atom. The second-order valence-corrected chi connectivity index (χ2v) is 5.07. The number of piperazine rings is 1. The van der Waals surface area contributed by atoms with Crippen LogP contribution < -0.4 is 10.2 Å². The summed E-state index contributed by atoms with van der Waals surface area (Å²) in [6, 6.07) is 6.34. The number of halogens is 1. The smallest absolute Gasteiger partial charge is 0.246 e. The number of anilines is 1. The molecule has 92 valence electrons. The Kier molecular flexibility index (Phi) is 2.91. The number of rotatable bonds is 1. The van der Waals surface area contributed by atoms with Gasteiger partial charge in [-0.25, -0.2) is 4.39 Å². The number of hydrogen-bond acceptors (Lipinski definition) is 2. The maximum Gasteiger partial charge on any atom is 0.246 e. The highest BCUT2D eigenvalue weighted by Crippen LogP contribution is 2.23. The Bertz CT molecular complexity index is 445. The van der Waals surface area contributed by atoms with Gasteiger partial charge in [-0.15, -0.1) is 0 Å². The molecule has 1 fully saturated rings. The Hall–Kier alpha value is -1.42. The Morgan fingerprint density at radius 2 is 2.18 bits per heavy atom. The molecule has 0 spiro atoms. The largest absolute Gasteiger partial charge is 0.309 e. The fraction of sp³-hybridized carbons (Fsp3) is 0.462. The first-order valence-corrected chi connectivity index (χ1v) is 5.75. The van der Waals surface area contributed by atoms with Crippen LogP contribution in [0.1, 0.15) is 20.8 Å². The Balaban J connectivity index is 2.34. The second-order valence-electron chi connectivity index (χ2n) is 5.07. The van der Waals surface area contributed by atoms with Gasteiger partial charge in [0.1, 0.15) is 5.82 Å². The zero-order valence-electron chi connectivity index (χ0n) is 10.3. The third-order valence-corrected chi connectivity index (χ3v) is 2.96. The van der Waals surface area contributed by atoms with E-state index in [-0.39, 0.29) is 17.8 Å². The van der Waals surface area contributed by atoms with Gasteiger partial charge in [-0.2, -0.15) is 0 Å². The van der Waals surface area contributed by atoms with Crippen LogP contribution in [0.2, 0.25) is 0 Å². The lowest BCUT2D eigenvalue weighted by Crippen LogP contribution is -2.65. The van der Waals surface area contributed by atoms with Crippen molar-refractivity contribution < 1.29 is 9.18 Å². The fourth-order valence-corrected chi connectivity index (χ4v) is 2.28. The molecule has 1 amide bonds. The van der Waals surface area contributed by atoms with Crippen molar-refractivity contribution in [3.05, 3.63) is 30.1 Å². The number of carbonyl (C=O) groups is 1. The molecule has 1 aromatic carbocycles. The number of amides is 1. The van der Waals surface area contributed by atoms with Gasteiger partial charge in [-0.3, -0.25) is 10.1 Å². The van der Waals surface area contributed by atoms with Crippen molar-refractivity contribution in [3.63, 3.8) is 0 Å². The van der Waals surface area contributed by atoms with Crippen LogP contribution in [-0.4, -0.2) is 24.0 Å². The molecule has 1 unspecified atom stereocenters. The van der Waals surface area contributed by atoms with E-state index in [1.54, 1.807) is 17.0 Å². The van der Waals surface area contributed by atoms with Gasteiger partial charge >= 0.3 is 0 Å². The van der Waals surface area contributed by atoms with E-state index in [0.717, 1.165) is 0 Å². The van der Waals surface area contributed by atoms with Crippen molar-refractivity contribution >= 4 is 11.6 Å². The molecule has 1 aromatic rings. The highest BCUT2D eigenvalue weighted by atomic mass is 19.1. The standard InChI is InChI=1S/C13H17FN2O/c1-9-8-16(12(17)13(2,3)15-9)11-6-4-5-10(14)7-11/h4-7,9,15H,8H2,1-3H3. The van der Waals surface area contributed by atoms with Crippen LogP contribution in [0.4, 0.5) is 10.1 Å². The molecule has 1 N–H and O–H groups in total. The van der Waals surface area contributed by atoms with Crippen LogP contribution in [0, 0.1) is 5.82 Å². The topological polar surface area (TPSA) is 32.3 Å². The van der Waals surface area contributed by atoms with E-state index < -0.39 is 5.54 Å². The molecule has 1 aliphatic heterocycles. The minimum Gasteiger partial charge on any atom is -0.309 e. The summed E-state index contributed by atoms with van der Waals surface area (Å²) in [5, 5.41) is 3.23. The number of benzene rings is 1. The molecule has 2 rings (SSSR count). The zero-order chi connectivity index (χ0) is 12.6. The predicted molar refractivity (Wildman–Crippen MR) is 65.4 cm³/mol. The summed E-state index contributed by atoms with van der Waals surface area (Å²) in [4.78, 5) is 13.9. The summed E-state index contributed by atoms with van der Waals surface area (Å²) < 4.78 is 13.2. The number of nitrogens with zero attached hydrogens (tertiary/aromatic N) is 1. The minimum atomic E-state index is -0.607. The molecule has 4 heteroatoms. The van der Waals surface area contributed by atoms with E-state index in [4.69, 9.17) is 0 Å². The normalized spacial score (nSPS) is 23.9. The van der Waals surface area contributed by atoms with E-state index in [9.17, 15) is 9.18 Å². The van der Waals surface area contributed by atoms with Gasteiger partial charge in [0.2, 0.25) is 5.91 Å². The van der Waals surface area contributed by atoms with Crippen LogP contribution in [0.3, 0.4) is 0 Å². The molecular weight excluding hydrogens is 219 g/mol. The van der Waals surface area contributed by atoms with Crippen molar-refractivity contribution in [1.29, 1.82) is 0 Å². The van der Waals surface area contributed by atoms with Crippen LogP contribution in [-0.2, 0) is 4.79 Å². The molecule has 0 aliphatic carbocycles. The van der Waals surface area contributed by atoms with Gasteiger partial charge < -0.3 is 4.90 Å². The molecule has 17 heavy (non-hydrogen) atoms. The van der Waals surface area contributed by atoms with E-state index in [0.29, 0.717) is 12.2 Å². The van der Waals surface area contributed by atoms with Gasteiger partial charge in [0.15, 0.2) is 0 Å². The van der Waals surface area contributed by atoms with Gasteiger partial charge in [0, 0.05) is 18.3 Å². The average molecular weight is 236 g/mol. The Morgan fingerprint density at radius 1 is 1.47 bits per heavy atom. The first-order valence-electron chi connectivity index (χ1n) is 5.75. The quantitative estimate of drug-likeness (QED) is 0.808. The first kappa shape index (κ1) is 12.0. The lowest BCUT2D eigenvalue weighted by Gasteiger charge is -2.41. The van der Waals surface area contributed by atoms with Crippen LogP contribution in [0.15, 0.2) is 24.3 Å². The maximum absolute atomic E-state index is 13.2. The van der Waals surface area contributed by atoms with Crippen LogP contribution >= 0.6 is 0 Å². The van der Waals surface area contributed by atoms with Crippen molar-refractivity contribution in [2.45, 2.75) is 32.4 Å². The Labute approximate surface area is 101 Å². The molecule has 1 saturated heterocycles. The van der Waals surface area contributed by atoms with Gasteiger partial charge in [-0.1, -0.05) is 6.07 Å². The van der Waals surface area contributed by atoms with Crippen molar-refractivity contribution in [1.82, 2.24) is 5.32 Å². The SMILES string of the molecule is CC1CN(c2cccc(F)c2)C(=O)C(C)(C)N1. The van der Waals surface area contributed by atoms with Gasteiger partial charge in [0.05, 0.1) is 5.54 Å². The first-order chi connectivity index (χ1) is 7.90. The highest BCUT2D eigenvalue weighted by molar-refractivity contribution is 6.00. The molecule has 1 aliphatic rings. The summed E-state index contributed by atoms with van der Waals surface area (Å²) in [5.74, 6) is -0.347.